The molecule has 17 heavy (non-hydrogen) atoms. The molecule has 1 aliphatic rings. The number of rotatable bonds is 2. The highest BCUT2D eigenvalue weighted by Gasteiger charge is 2.28. The third-order valence-corrected chi connectivity index (χ3v) is 3.04. The molecule has 0 bridgehead atoms. The molecule has 1 fully saturated rings. The smallest absolute Gasteiger partial charge is 0.125 e. The van der Waals surface area contributed by atoms with Gasteiger partial charge < -0.3 is 9.84 Å². The van der Waals surface area contributed by atoms with Crippen molar-refractivity contribution >= 4 is 0 Å². The molecule has 1 aromatic carbocycles. The predicted molar refractivity (Wildman–Crippen MR) is 67.9 cm³/mol. The molecule has 0 saturated heterocycles. The minimum atomic E-state index is -0.751. The van der Waals surface area contributed by atoms with Gasteiger partial charge in [-0.1, -0.05) is 11.8 Å². The van der Waals surface area contributed by atoms with Crippen LogP contribution in [0.15, 0.2) is 24.3 Å². The fourth-order valence-electron chi connectivity index (χ4n) is 2.07. The monoisotopic (exact) mass is 230 g/mol. The van der Waals surface area contributed by atoms with E-state index in [1.807, 2.05) is 31.2 Å². The molecule has 0 radical (unpaired) electrons. The first kappa shape index (κ1) is 12.0. The summed E-state index contributed by atoms with van der Waals surface area (Å²) >= 11 is 0. The van der Waals surface area contributed by atoms with Gasteiger partial charge in [-0.3, -0.25) is 0 Å². The van der Waals surface area contributed by atoms with Gasteiger partial charge in [0.05, 0.1) is 6.61 Å². The van der Waals surface area contributed by atoms with Gasteiger partial charge in [0, 0.05) is 5.56 Å². The summed E-state index contributed by atoms with van der Waals surface area (Å²) in [7, 11) is 0. The number of hydrogen-bond acceptors (Lipinski definition) is 2. The third kappa shape index (κ3) is 3.25. The summed E-state index contributed by atoms with van der Waals surface area (Å²) in [6.45, 7) is 2.63. The molecule has 2 heteroatoms. The van der Waals surface area contributed by atoms with Crippen LogP contribution < -0.4 is 4.74 Å². The van der Waals surface area contributed by atoms with E-state index in [2.05, 4.69) is 11.8 Å². The SMILES string of the molecule is CCOc1ccc(C#CC2(O)CCCC2)cc1. The van der Waals surface area contributed by atoms with E-state index in [9.17, 15) is 5.11 Å². The minimum absolute atomic E-state index is 0.671. The maximum absolute atomic E-state index is 10.1. The second kappa shape index (κ2) is 5.25. The van der Waals surface area contributed by atoms with Crippen molar-refractivity contribution in [3.8, 4) is 17.6 Å². The Kier molecular flexibility index (Phi) is 3.71. The fraction of sp³-hybridized carbons (Fsp3) is 0.467. The maximum Gasteiger partial charge on any atom is 0.125 e. The maximum atomic E-state index is 10.1. The number of ether oxygens (including phenoxy) is 1. The highest BCUT2D eigenvalue weighted by molar-refractivity contribution is 5.39. The summed E-state index contributed by atoms with van der Waals surface area (Å²) in [6, 6.07) is 7.67. The molecule has 0 atom stereocenters. The summed E-state index contributed by atoms with van der Waals surface area (Å²) in [5.74, 6) is 6.89. The van der Waals surface area contributed by atoms with Crippen molar-refractivity contribution in [2.75, 3.05) is 6.61 Å². The Bertz CT molecular complexity index is 416. The Morgan fingerprint density at radius 1 is 1.24 bits per heavy atom. The average Bonchev–Trinajstić information content (AvgIpc) is 2.76. The molecule has 0 aliphatic heterocycles. The Hall–Kier alpha value is -1.46. The molecular formula is C15H18O2. The van der Waals surface area contributed by atoms with Crippen molar-refractivity contribution in [3.63, 3.8) is 0 Å². The number of hydrogen-bond donors (Lipinski definition) is 1. The van der Waals surface area contributed by atoms with Gasteiger partial charge >= 0.3 is 0 Å². The average molecular weight is 230 g/mol. The van der Waals surface area contributed by atoms with Crippen LogP contribution in [0.5, 0.6) is 5.75 Å². The fourth-order valence-corrected chi connectivity index (χ4v) is 2.07. The van der Waals surface area contributed by atoms with Crippen molar-refractivity contribution in [3.05, 3.63) is 29.8 Å². The van der Waals surface area contributed by atoms with E-state index in [0.717, 1.165) is 37.0 Å². The molecule has 0 aromatic heterocycles. The van der Waals surface area contributed by atoms with Crippen LogP contribution in [0, 0.1) is 11.8 Å². The zero-order valence-corrected chi connectivity index (χ0v) is 10.2. The van der Waals surface area contributed by atoms with Crippen molar-refractivity contribution in [1.29, 1.82) is 0 Å². The molecule has 0 spiro atoms. The molecule has 2 nitrogen and oxygen atoms in total. The second-order valence-corrected chi connectivity index (χ2v) is 4.45. The van der Waals surface area contributed by atoms with Crippen LogP contribution in [0.3, 0.4) is 0 Å². The summed E-state index contributed by atoms with van der Waals surface area (Å²) in [5.41, 5.74) is 0.173. The van der Waals surface area contributed by atoms with E-state index in [-0.39, 0.29) is 0 Å². The summed E-state index contributed by atoms with van der Waals surface area (Å²) < 4.78 is 5.36. The number of aliphatic hydroxyl groups is 1. The highest BCUT2D eigenvalue weighted by atomic mass is 16.5. The lowest BCUT2D eigenvalue weighted by molar-refractivity contribution is 0.110. The van der Waals surface area contributed by atoms with Gasteiger partial charge in [0.1, 0.15) is 11.4 Å². The van der Waals surface area contributed by atoms with Crippen molar-refractivity contribution < 1.29 is 9.84 Å². The summed E-state index contributed by atoms with van der Waals surface area (Å²) in [5, 5.41) is 10.1. The van der Waals surface area contributed by atoms with Gasteiger partial charge in [-0.25, -0.2) is 0 Å². The van der Waals surface area contributed by atoms with Crippen molar-refractivity contribution in [1.82, 2.24) is 0 Å². The van der Waals surface area contributed by atoms with Crippen LogP contribution in [0.1, 0.15) is 38.2 Å². The largest absolute Gasteiger partial charge is 0.494 e. The molecule has 0 unspecified atom stereocenters. The van der Waals surface area contributed by atoms with E-state index < -0.39 is 5.60 Å². The van der Waals surface area contributed by atoms with Crippen molar-refractivity contribution in [2.24, 2.45) is 0 Å². The Balaban J connectivity index is 2.06. The normalized spacial score (nSPS) is 17.3. The lowest BCUT2D eigenvalue weighted by Crippen LogP contribution is -2.20. The van der Waals surface area contributed by atoms with E-state index in [1.54, 1.807) is 0 Å². The lowest BCUT2D eigenvalue weighted by atomic mass is 10.0. The van der Waals surface area contributed by atoms with Crippen molar-refractivity contribution in [2.45, 2.75) is 38.2 Å². The van der Waals surface area contributed by atoms with Gasteiger partial charge in [-0.15, -0.1) is 0 Å². The zero-order valence-electron chi connectivity index (χ0n) is 10.2. The first-order chi connectivity index (χ1) is 8.22. The van der Waals surface area contributed by atoms with Crippen LogP contribution in [-0.4, -0.2) is 17.3 Å². The van der Waals surface area contributed by atoms with Gasteiger partial charge in [0.15, 0.2) is 0 Å². The number of benzene rings is 1. The van der Waals surface area contributed by atoms with E-state index in [4.69, 9.17) is 4.74 Å². The quantitative estimate of drug-likeness (QED) is 0.792. The van der Waals surface area contributed by atoms with E-state index in [1.165, 1.54) is 0 Å². The molecule has 1 aliphatic carbocycles. The van der Waals surface area contributed by atoms with Crippen LogP contribution in [0.25, 0.3) is 0 Å². The molecule has 1 saturated carbocycles. The Morgan fingerprint density at radius 2 is 1.88 bits per heavy atom. The molecule has 90 valence electrons. The van der Waals surface area contributed by atoms with Crippen LogP contribution in [0.2, 0.25) is 0 Å². The predicted octanol–water partition coefficient (Wildman–Crippen LogP) is 2.74. The standard InChI is InChI=1S/C15H18O2/c1-2-17-14-7-5-13(6-8-14)9-12-15(16)10-3-4-11-15/h5-8,16H,2-4,10-11H2,1H3. The minimum Gasteiger partial charge on any atom is -0.494 e. The molecule has 2 rings (SSSR count). The van der Waals surface area contributed by atoms with Gasteiger partial charge in [-0.2, -0.15) is 0 Å². The van der Waals surface area contributed by atoms with Gasteiger partial charge in [0.2, 0.25) is 0 Å². The van der Waals surface area contributed by atoms with E-state index in [0.29, 0.717) is 6.61 Å². The first-order valence-corrected chi connectivity index (χ1v) is 6.20. The topological polar surface area (TPSA) is 29.5 Å². The lowest BCUT2D eigenvalue weighted by Gasteiger charge is -2.12. The molecule has 1 aromatic rings. The third-order valence-electron chi connectivity index (χ3n) is 3.04. The molecule has 0 heterocycles. The highest BCUT2D eigenvalue weighted by Crippen LogP contribution is 2.28. The van der Waals surface area contributed by atoms with Crippen LogP contribution in [0.4, 0.5) is 0 Å². The van der Waals surface area contributed by atoms with Crippen LogP contribution in [-0.2, 0) is 0 Å². The van der Waals surface area contributed by atoms with Gasteiger partial charge in [-0.05, 0) is 56.9 Å². The Morgan fingerprint density at radius 3 is 2.47 bits per heavy atom. The van der Waals surface area contributed by atoms with Crippen LogP contribution >= 0.6 is 0 Å². The first-order valence-electron chi connectivity index (χ1n) is 6.20. The summed E-state index contributed by atoms with van der Waals surface area (Å²) in [4.78, 5) is 0. The molecule has 1 N–H and O–H groups in total. The molecule has 0 amide bonds. The zero-order chi connectivity index (χ0) is 12.1. The summed E-state index contributed by atoms with van der Waals surface area (Å²) in [6.07, 6.45) is 3.76. The molecular weight excluding hydrogens is 212 g/mol. The van der Waals surface area contributed by atoms with Gasteiger partial charge in [0.25, 0.3) is 0 Å². The Labute approximate surface area is 103 Å². The second-order valence-electron chi connectivity index (χ2n) is 4.45. The van der Waals surface area contributed by atoms with E-state index >= 15 is 0 Å².